The van der Waals surface area contributed by atoms with Gasteiger partial charge in [-0.1, -0.05) is 6.08 Å². The van der Waals surface area contributed by atoms with Crippen molar-refractivity contribution in [2.24, 2.45) is 5.90 Å². The highest BCUT2D eigenvalue weighted by Crippen LogP contribution is 1.74. The smallest absolute Gasteiger partial charge is 0.0713 e. The summed E-state index contributed by atoms with van der Waals surface area (Å²) in [5.74, 6) is 4.67. The van der Waals surface area contributed by atoms with Crippen LogP contribution in [0.15, 0.2) is 12.7 Å². The average molecular weight is 87.1 g/mol. The summed E-state index contributed by atoms with van der Waals surface area (Å²) in [6.07, 6.45) is 2.59. The molecule has 0 rings (SSSR count). The Balaban J connectivity index is 2.49. The number of hydrogen-bond donors (Lipinski definition) is 1. The summed E-state index contributed by atoms with van der Waals surface area (Å²) >= 11 is 0. The normalized spacial score (nSPS) is 8.17. The van der Waals surface area contributed by atoms with Crippen molar-refractivity contribution >= 4 is 0 Å². The third-order valence-electron chi connectivity index (χ3n) is 0.440. The zero-order valence-electron chi connectivity index (χ0n) is 3.68. The van der Waals surface area contributed by atoms with Crippen LogP contribution < -0.4 is 5.90 Å². The molecule has 0 aromatic heterocycles. The maximum Gasteiger partial charge on any atom is 0.0713 e. The Kier molecular flexibility index (Phi) is 4.40. The van der Waals surface area contributed by atoms with Crippen LogP contribution in [0.5, 0.6) is 0 Å². The maximum atomic E-state index is 4.67. The number of hydrogen-bond acceptors (Lipinski definition) is 2. The Labute approximate surface area is 37.6 Å². The van der Waals surface area contributed by atoms with Crippen LogP contribution in [0.3, 0.4) is 0 Å². The minimum Gasteiger partial charge on any atom is -0.304 e. The fraction of sp³-hybridized carbons (Fsp3) is 0.500. The van der Waals surface area contributed by atoms with Crippen LogP contribution in [0.25, 0.3) is 0 Å². The Morgan fingerprint density at radius 1 is 1.83 bits per heavy atom. The lowest BCUT2D eigenvalue weighted by Crippen LogP contribution is -1.98. The number of rotatable bonds is 3. The Morgan fingerprint density at radius 3 is 2.67 bits per heavy atom. The molecule has 2 heteroatoms. The monoisotopic (exact) mass is 87.1 g/mol. The minimum atomic E-state index is 0.573. The lowest BCUT2D eigenvalue weighted by Gasteiger charge is -1.85. The quantitative estimate of drug-likeness (QED) is 0.308. The molecule has 0 aliphatic rings. The van der Waals surface area contributed by atoms with Crippen molar-refractivity contribution in [2.45, 2.75) is 6.42 Å². The van der Waals surface area contributed by atoms with Gasteiger partial charge in [-0.25, -0.2) is 5.90 Å². The largest absolute Gasteiger partial charge is 0.304 e. The second-order valence-corrected chi connectivity index (χ2v) is 0.948. The van der Waals surface area contributed by atoms with Crippen LogP contribution in [0.4, 0.5) is 0 Å². The van der Waals surface area contributed by atoms with Crippen LogP contribution >= 0.6 is 0 Å². The standard InChI is InChI=1S/C4H9NO/c1-2-3-4-6-5/h2H,1,3-5H2. The molecule has 0 aliphatic heterocycles. The molecule has 0 unspecified atom stereocenters. The van der Waals surface area contributed by atoms with E-state index >= 15 is 0 Å². The van der Waals surface area contributed by atoms with Crippen LogP contribution in [-0.4, -0.2) is 6.61 Å². The van der Waals surface area contributed by atoms with Gasteiger partial charge in [-0.15, -0.1) is 6.58 Å². The van der Waals surface area contributed by atoms with Crippen molar-refractivity contribution in [1.29, 1.82) is 0 Å². The first-order valence-corrected chi connectivity index (χ1v) is 1.84. The summed E-state index contributed by atoms with van der Waals surface area (Å²) in [6.45, 7) is 4.04. The van der Waals surface area contributed by atoms with Gasteiger partial charge in [0.1, 0.15) is 0 Å². The molecule has 2 N–H and O–H groups in total. The second-order valence-electron chi connectivity index (χ2n) is 0.948. The topological polar surface area (TPSA) is 35.2 Å². The SMILES string of the molecule is C=CCCON. The fourth-order valence-electron chi connectivity index (χ4n) is 0.151. The molecule has 0 heterocycles. The molecule has 0 saturated heterocycles. The van der Waals surface area contributed by atoms with E-state index in [9.17, 15) is 0 Å². The molecule has 6 heavy (non-hydrogen) atoms. The molecule has 0 radical (unpaired) electrons. The maximum absolute atomic E-state index is 4.67. The van der Waals surface area contributed by atoms with Crippen LogP contribution in [0, 0.1) is 0 Å². The molecule has 2 nitrogen and oxygen atoms in total. The van der Waals surface area contributed by atoms with Gasteiger partial charge in [-0.05, 0) is 6.42 Å². The van der Waals surface area contributed by atoms with Gasteiger partial charge in [0.25, 0.3) is 0 Å². The zero-order valence-corrected chi connectivity index (χ0v) is 3.68. The first kappa shape index (κ1) is 5.66. The highest BCUT2D eigenvalue weighted by molar-refractivity contribution is 4.63. The molecule has 0 bridgehead atoms. The average Bonchev–Trinajstić information content (AvgIpc) is 1.61. The van der Waals surface area contributed by atoms with E-state index in [4.69, 9.17) is 0 Å². The molecule has 36 valence electrons. The molecular formula is C4H9NO. The van der Waals surface area contributed by atoms with E-state index < -0.39 is 0 Å². The molecule has 0 saturated carbocycles. The third kappa shape index (κ3) is 3.66. The van der Waals surface area contributed by atoms with E-state index in [1.807, 2.05) is 0 Å². The minimum absolute atomic E-state index is 0.573. The van der Waals surface area contributed by atoms with Crippen LogP contribution in [0.2, 0.25) is 0 Å². The first-order chi connectivity index (χ1) is 2.91. The van der Waals surface area contributed by atoms with Crippen molar-refractivity contribution in [3.8, 4) is 0 Å². The molecule has 0 aromatic carbocycles. The molecular weight excluding hydrogens is 78.0 g/mol. The van der Waals surface area contributed by atoms with E-state index in [1.54, 1.807) is 6.08 Å². The van der Waals surface area contributed by atoms with Crippen molar-refractivity contribution in [3.05, 3.63) is 12.7 Å². The lowest BCUT2D eigenvalue weighted by atomic mass is 10.5. The van der Waals surface area contributed by atoms with E-state index in [2.05, 4.69) is 17.3 Å². The predicted molar refractivity (Wildman–Crippen MR) is 25.0 cm³/mol. The predicted octanol–water partition coefficient (Wildman–Crippen LogP) is 0.453. The third-order valence-corrected chi connectivity index (χ3v) is 0.440. The first-order valence-electron chi connectivity index (χ1n) is 1.84. The van der Waals surface area contributed by atoms with Crippen molar-refractivity contribution in [1.82, 2.24) is 0 Å². The van der Waals surface area contributed by atoms with E-state index in [0.29, 0.717) is 6.61 Å². The van der Waals surface area contributed by atoms with Crippen LogP contribution in [0.1, 0.15) is 6.42 Å². The summed E-state index contributed by atoms with van der Waals surface area (Å²) in [7, 11) is 0. The highest BCUT2D eigenvalue weighted by Gasteiger charge is 1.70. The molecule has 0 atom stereocenters. The van der Waals surface area contributed by atoms with Gasteiger partial charge in [0.2, 0.25) is 0 Å². The van der Waals surface area contributed by atoms with E-state index in [0.717, 1.165) is 6.42 Å². The van der Waals surface area contributed by atoms with Gasteiger partial charge < -0.3 is 4.84 Å². The molecule has 0 aromatic rings. The molecule has 0 spiro atoms. The van der Waals surface area contributed by atoms with E-state index in [-0.39, 0.29) is 0 Å². The molecule has 0 amide bonds. The summed E-state index contributed by atoms with van der Waals surface area (Å²) in [5.41, 5.74) is 0. The Bertz CT molecular complexity index is 36.5. The summed E-state index contributed by atoms with van der Waals surface area (Å²) in [6, 6.07) is 0. The molecule has 0 fully saturated rings. The summed E-state index contributed by atoms with van der Waals surface area (Å²) in [4.78, 5) is 4.21. The van der Waals surface area contributed by atoms with Gasteiger partial charge in [0, 0.05) is 0 Å². The van der Waals surface area contributed by atoms with Gasteiger partial charge in [-0.3, -0.25) is 0 Å². The van der Waals surface area contributed by atoms with E-state index in [1.165, 1.54) is 0 Å². The highest BCUT2D eigenvalue weighted by atomic mass is 16.6. The lowest BCUT2D eigenvalue weighted by molar-refractivity contribution is 0.143. The zero-order chi connectivity index (χ0) is 4.83. The van der Waals surface area contributed by atoms with Gasteiger partial charge in [0.05, 0.1) is 6.61 Å². The van der Waals surface area contributed by atoms with Gasteiger partial charge in [0.15, 0.2) is 0 Å². The molecule has 0 aliphatic carbocycles. The Hall–Kier alpha value is -0.340. The van der Waals surface area contributed by atoms with Gasteiger partial charge in [-0.2, -0.15) is 0 Å². The van der Waals surface area contributed by atoms with Crippen molar-refractivity contribution in [3.63, 3.8) is 0 Å². The summed E-state index contributed by atoms with van der Waals surface area (Å²) in [5, 5.41) is 0. The second kappa shape index (κ2) is 4.66. The van der Waals surface area contributed by atoms with Gasteiger partial charge >= 0.3 is 0 Å². The Morgan fingerprint density at radius 2 is 2.50 bits per heavy atom. The summed E-state index contributed by atoms with van der Waals surface area (Å²) < 4.78 is 0. The number of nitrogens with two attached hydrogens (primary N) is 1. The van der Waals surface area contributed by atoms with Crippen LogP contribution in [-0.2, 0) is 4.84 Å². The van der Waals surface area contributed by atoms with Crippen molar-refractivity contribution in [2.75, 3.05) is 6.61 Å². The fourth-order valence-corrected chi connectivity index (χ4v) is 0.151. The van der Waals surface area contributed by atoms with Crippen molar-refractivity contribution < 1.29 is 4.84 Å².